The van der Waals surface area contributed by atoms with Gasteiger partial charge < -0.3 is 19.3 Å². The van der Waals surface area contributed by atoms with Crippen molar-refractivity contribution in [3.63, 3.8) is 0 Å². The molecule has 23 heavy (non-hydrogen) atoms. The highest BCUT2D eigenvalue weighted by atomic mass is 19.2. The van der Waals surface area contributed by atoms with Gasteiger partial charge in [-0.25, -0.2) is 8.78 Å². The molecule has 126 valence electrons. The fourth-order valence-electron chi connectivity index (χ4n) is 3.06. The van der Waals surface area contributed by atoms with E-state index in [4.69, 9.17) is 9.31 Å². The minimum atomic E-state index is -0.977. The second-order valence-corrected chi connectivity index (χ2v) is 7.27. The van der Waals surface area contributed by atoms with Crippen LogP contribution >= 0.6 is 0 Å². The average molecular weight is 325 g/mol. The highest BCUT2D eigenvalue weighted by Crippen LogP contribution is 2.38. The first-order valence-corrected chi connectivity index (χ1v) is 7.86. The molecule has 7 heteroatoms. The summed E-state index contributed by atoms with van der Waals surface area (Å²) in [4.78, 5) is 1.46. The largest absolute Gasteiger partial charge is 0.497 e. The molecule has 2 aliphatic heterocycles. The molecule has 0 saturated carbocycles. The molecule has 2 aliphatic rings. The third-order valence-electron chi connectivity index (χ3n) is 5.16. The van der Waals surface area contributed by atoms with Crippen molar-refractivity contribution in [1.82, 2.24) is 0 Å². The van der Waals surface area contributed by atoms with Gasteiger partial charge in [0.15, 0.2) is 11.6 Å². The van der Waals surface area contributed by atoms with E-state index in [9.17, 15) is 13.9 Å². The summed E-state index contributed by atoms with van der Waals surface area (Å²) in [5.74, 6) is -1.93. The molecule has 2 heterocycles. The Balaban J connectivity index is 2.03. The number of hydrogen-bond acceptors (Lipinski definition) is 4. The Labute approximate surface area is 135 Å². The molecule has 1 saturated heterocycles. The summed E-state index contributed by atoms with van der Waals surface area (Å²) >= 11 is 0. The Kier molecular flexibility index (Phi) is 3.74. The molecule has 0 aliphatic carbocycles. The van der Waals surface area contributed by atoms with E-state index in [2.05, 4.69) is 0 Å². The molecule has 0 aromatic heterocycles. The van der Waals surface area contributed by atoms with Gasteiger partial charge in [0.05, 0.1) is 16.9 Å². The highest BCUT2D eigenvalue weighted by molar-refractivity contribution is 6.62. The number of anilines is 1. The summed E-state index contributed by atoms with van der Waals surface area (Å²) in [6, 6.07) is 1.60. The molecule has 1 aromatic carbocycles. The Bertz CT molecular complexity index is 633. The van der Waals surface area contributed by atoms with Crippen LogP contribution in [0.2, 0.25) is 0 Å². The quantitative estimate of drug-likeness (QED) is 0.844. The van der Waals surface area contributed by atoms with Crippen LogP contribution in [0.25, 0.3) is 0 Å². The van der Waals surface area contributed by atoms with Crippen molar-refractivity contribution in [3.8, 4) is 0 Å². The van der Waals surface area contributed by atoms with E-state index in [1.807, 2.05) is 27.7 Å². The van der Waals surface area contributed by atoms with E-state index in [0.717, 1.165) is 0 Å². The fourth-order valence-corrected chi connectivity index (χ4v) is 3.06. The van der Waals surface area contributed by atoms with E-state index in [0.29, 0.717) is 18.5 Å². The summed E-state index contributed by atoms with van der Waals surface area (Å²) in [7, 11) is -0.944. The van der Waals surface area contributed by atoms with Crippen LogP contribution < -0.4 is 10.4 Å². The summed E-state index contributed by atoms with van der Waals surface area (Å²) in [6.07, 6.45) is -0.322. The average Bonchev–Trinajstić information content (AvgIpc) is 2.93. The van der Waals surface area contributed by atoms with Crippen molar-refractivity contribution in [3.05, 3.63) is 23.3 Å². The molecule has 3 rings (SSSR count). The number of aliphatic hydroxyl groups is 1. The first-order valence-electron chi connectivity index (χ1n) is 7.86. The number of rotatable bonds is 2. The van der Waals surface area contributed by atoms with E-state index in [-0.39, 0.29) is 11.2 Å². The lowest BCUT2D eigenvalue weighted by Gasteiger charge is -2.32. The van der Waals surface area contributed by atoms with Gasteiger partial charge >= 0.3 is 7.12 Å². The first-order chi connectivity index (χ1) is 10.5. The van der Waals surface area contributed by atoms with Crippen LogP contribution in [0.4, 0.5) is 14.5 Å². The van der Waals surface area contributed by atoms with Crippen molar-refractivity contribution >= 4 is 18.3 Å². The first kappa shape index (κ1) is 16.7. The summed E-state index contributed by atoms with van der Waals surface area (Å²) in [6.45, 7) is 9.45. The Morgan fingerprint density at radius 2 is 1.74 bits per heavy atom. The van der Waals surface area contributed by atoms with Gasteiger partial charge in [-0.3, -0.25) is 0 Å². The Hall–Kier alpha value is -1.18. The van der Waals surface area contributed by atoms with Crippen molar-refractivity contribution in [2.24, 2.45) is 0 Å². The van der Waals surface area contributed by atoms with Crippen LogP contribution in [0.3, 0.4) is 0 Å². The zero-order valence-corrected chi connectivity index (χ0v) is 14.1. The monoisotopic (exact) mass is 325 g/mol. The lowest BCUT2D eigenvalue weighted by Crippen LogP contribution is -2.41. The van der Waals surface area contributed by atoms with E-state index < -0.39 is 36.2 Å². The predicted molar refractivity (Wildman–Crippen MR) is 84.8 cm³/mol. The highest BCUT2D eigenvalue weighted by Gasteiger charge is 2.53. The molecular weight excluding hydrogens is 303 g/mol. The van der Waals surface area contributed by atoms with Gasteiger partial charge in [-0.05, 0) is 46.6 Å². The van der Waals surface area contributed by atoms with Crippen molar-refractivity contribution in [1.29, 1.82) is 0 Å². The molecule has 1 unspecified atom stereocenters. The van der Waals surface area contributed by atoms with Crippen LogP contribution in [0, 0.1) is 11.6 Å². The number of hydrogen-bond donors (Lipinski definition) is 1. The van der Waals surface area contributed by atoms with E-state index in [1.165, 1.54) is 11.8 Å². The van der Waals surface area contributed by atoms with Gasteiger partial charge in [0, 0.05) is 12.0 Å². The second-order valence-electron chi connectivity index (χ2n) is 7.27. The van der Waals surface area contributed by atoms with Crippen LogP contribution in [0.5, 0.6) is 0 Å². The van der Waals surface area contributed by atoms with E-state index >= 15 is 0 Å². The molecule has 1 atom stereocenters. The number of fused-ring (bicyclic) bond motifs is 1. The maximum Gasteiger partial charge on any atom is 0.497 e. The Morgan fingerprint density at radius 3 is 2.26 bits per heavy atom. The SMILES string of the molecule is CC(O)N1CCc2cc(B3OC(C)(C)C(C)(C)O3)c(F)c(F)c21. The summed E-state index contributed by atoms with van der Waals surface area (Å²) < 4.78 is 40.8. The molecule has 0 radical (unpaired) electrons. The number of benzene rings is 1. The van der Waals surface area contributed by atoms with Gasteiger partial charge in [0.25, 0.3) is 0 Å². The predicted octanol–water partition coefficient (Wildman–Crippen LogP) is 1.96. The fraction of sp³-hybridized carbons (Fsp3) is 0.625. The lowest BCUT2D eigenvalue weighted by molar-refractivity contribution is 0.00578. The minimum Gasteiger partial charge on any atom is -0.399 e. The van der Waals surface area contributed by atoms with Crippen molar-refractivity contribution in [2.45, 2.75) is 58.5 Å². The van der Waals surface area contributed by atoms with E-state index in [1.54, 1.807) is 6.07 Å². The zero-order chi connectivity index (χ0) is 17.2. The van der Waals surface area contributed by atoms with Gasteiger partial charge in [-0.1, -0.05) is 6.07 Å². The number of aliphatic hydroxyl groups excluding tert-OH is 1. The van der Waals surface area contributed by atoms with Crippen LogP contribution in [-0.2, 0) is 15.7 Å². The van der Waals surface area contributed by atoms with Crippen LogP contribution in [0.1, 0.15) is 40.2 Å². The smallest absolute Gasteiger partial charge is 0.399 e. The van der Waals surface area contributed by atoms with Crippen molar-refractivity contribution < 1.29 is 23.2 Å². The summed E-state index contributed by atoms with van der Waals surface area (Å²) in [5, 5.41) is 9.72. The van der Waals surface area contributed by atoms with Gasteiger partial charge in [-0.2, -0.15) is 0 Å². The third kappa shape index (κ3) is 2.46. The normalized spacial score (nSPS) is 23.3. The van der Waals surface area contributed by atoms with Crippen molar-refractivity contribution in [2.75, 3.05) is 11.4 Å². The Morgan fingerprint density at radius 1 is 1.17 bits per heavy atom. The molecular formula is C16H22BF2NO3. The molecule has 1 aromatic rings. The second kappa shape index (κ2) is 5.16. The van der Waals surface area contributed by atoms with Crippen LogP contribution in [-0.4, -0.2) is 36.2 Å². The standard InChI is InChI=1S/C16H22BF2NO3/c1-9(21)20-7-6-10-8-11(12(18)13(19)14(10)20)17-22-15(2,3)16(4,5)23-17/h8-9,21H,6-7H2,1-5H3. The van der Waals surface area contributed by atoms with Gasteiger partial charge in [-0.15, -0.1) is 0 Å². The molecule has 0 bridgehead atoms. The zero-order valence-electron chi connectivity index (χ0n) is 14.1. The lowest BCUT2D eigenvalue weighted by atomic mass is 9.77. The summed E-state index contributed by atoms with van der Waals surface area (Å²) in [5.41, 5.74) is -0.365. The maximum absolute atomic E-state index is 14.6. The van der Waals surface area contributed by atoms with Gasteiger partial charge in [0.2, 0.25) is 0 Å². The molecule has 1 N–H and O–H groups in total. The molecule has 1 fully saturated rings. The topological polar surface area (TPSA) is 41.9 Å². The molecule has 0 amide bonds. The minimum absolute atomic E-state index is 0.0762. The van der Waals surface area contributed by atoms with Crippen LogP contribution in [0.15, 0.2) is 6.07 Å². The maximum atomic E-state index is 14.6. The molecule has 4 nitrogen and oxygen atoms in total. The number of halogens is 2. The number of nitrogens with zero attached hydrogens (tertiary/aromatic N) is 1. The van der Waals surface area contributed by atoms with Gasteiger partial charge in [0.1, 0.15) is 6.23 Å². The molecule has 0 spiro atoms. The third-order valence-corrected chi connectivity index (χ3v) is 5.16.